The molecule has 0 nitrogen and oxygen atoms in total. The lowest BCUT2D eigenvalue weighted by molar-refractivity contribution is 1.46. The molecule has 0 N–H and O–H groups in total. The second kappa shape index (κ2) is 4.36. The third kappa shape index (κ3) is 2.06. The van der Waals surface area contributed by atoms with Crippen molar-refractivity contribution in [3.63, 3.8) is 0 Å². The molecule has 0 radical (unpaired) electrons. The SMILES string of the molecule is C=C(C)c1ccccc1-c1cccc(C)c1. The zero-order valence-corrected chi connectivity index (χ0v) is 9.83. The van der Waals surface area contributed by atoms with Gasteiger partial charge >= 0.3 is 0 Å². The average molecular weight is 208 g/mol. The predicted octanol–water partition coefficient (Wildman–Crippen LogP) is 4.70. The van der Waals surface area contributed by atoms with E-state index in [4.69, 9.17) is 0 Å². The van der Waals surface area contributed by atoms with E-state index >= 15 is 0 Å². The first kappa shape index (κ1) is 10.7. The van der Waals surface area contributed by atoms with Gasteiger partial charge in [0.25, 0.3) is 0 Å². The quantitative estimate of drug-likeness (QED) is 0.671. The molecule has 0 saturated heterocycles. The van der Waals surface area contributed by atoms with Gasteiger partial charge in [0.05, 0.1) is 0 Å². The molecule has 0 unspecified atom stereocenters. The summed E-state index contributed by atoms with van der Waals surface area (Å²) >= 11 is 0. The predicted molar refractivity (Wildman–Crippen MR) is 71.3 cm³/mol. The topological polar surface area (TPSA) is 0 Å². The summed E-state index contributed by atoms with van der Waals surface area (Å²) in [5.74, 6) is 0. The number of benzene rings is 2. The van der Waals surface area contributed by atoms with Gasteiger partial charge < -0.3 is 0 Å². The highest BCUT2D eigenvalue weighted by atomic mass is 14.1. The summed E-state index contributed by atoms with van der Waals surface area (Å²) in [6.07, 6.45) is 0. The minimum atomic E-state index is 1.11. The lowest BCUT2D eigenvalue weighted by Crippen LogP contribution is -1.86. The van der Waals surface area contributed by atoms with Crippen LogP contribution in [0.4, 0.5) is 0 Å². The lowest BCUT2D eigenvalue weighted by Gasteiger charge is -2.09. The van der Waals surface area contributed by atoms with Crippen molar-refractivity contribution in [2.24, 2.45) is 0 Å². The van der Waals surface area contributed by atoms with E-state index in [1.165, 1.54) is 22.3 Å². The van der Waals surface area contributed by atoms with Gasteiger partial charge in [-0.05, 0) is 30.5 Å². The van der Waals surface area contributed by atoms with E-state index < -0.39 is 0 Å². The Morgan fingerprint density at radius 2 is 1.75 bits per heavy atom. The van der Waals surface area contributed by atoms with Crippen molar-refractivity contribution >= 4 is 5.57 Å². The summed E-state index contributed by atoms with van der Waals surface area (Å²) < 4.78 is 0. The molecule has 0 fully saturated rings. The molecule has 0 atom stereocenters. The van der Waals surface area contributed by atoms with Gasteiger partial charge in [0, 0.05) is 0 Å². The first-order chi connectivity index (χ1) is 7.68. The third-order valence-corrected chi connectivity index (χ3v) is 2.72. The third-order valence-electron chi connectivity index (χ3n) is 2.72. The summed E-state index contributed by atoms with van der Waals surface area (Å²) in [6, 6.07) is 17.0. The normalized spacial score (nSPS) is 10.1. The molecule has 0 spiro atoms. The van der Waals surface area contributed by atoms with Crippen molar-refractivity contribution in [2.45, 2.75) is 13.8 Å². The standard InChI is InChI=1S/C16H16/c1-12(2)15-9-4-5-10-16(15)14-8-6-7-13(3)11-14/h4-11H,1H2,2-3H3. The Kier molecular flexibility index (Phi) is 2.91. The van der Waals surface area contributed by atoms with E-state index in [-0.39, 0.29) is 0 Å². The van der Waals surface area contributed by atoms with Gasteiger partial charge in [-0.1, -0.05) is 66.2 Å². The number of allylic oxidation sites excluding steroid dienone is 1. The van der Waals surface area contributed by atoms with Gasteiger partial charge in [-0.3, -0.25) is 0 Å². The Morgan fingerprint density at radius 3 is 2.44 bits per heavy atom. The van der Waals surface area contributed by atoms with Gasteiger partial charge in [0.15, 0.2) is 0 Å². The molecule has 0 bridgehead atoms. The molecule has 0 heteroatoms. The van der Waals surface area contributed by atoms with E-state index in [1.807, 2.05) is 0 Å². The zero-order chi connectivity index (χ0) is 11.5. The highest BCUT2D eigenvalue weighted by molar-refractivity contribution is 5.79. The molecular weight excluding hydrogens is 192 g/mol. The fourth-order valence-corrected chi connectivity index (χ4v) is 1.92. The van der Waals surface area contributed by atoms with Crippen LogP contribution < -0.4 is 0 Å². The molecule has 2 rings (SSSR count). The van der Waals surface area contributed by atoms with Crippen LogP contribution in [0.3, 0.4) is 0 Å². The Labute approximate surface area is 97.3 Å². The maximum absolute atomic E-state index is 4.03. The van der Waals surface area contributed by atoms with Crippen LogP contribution in [0.2, 0.25) is 0 Å². The molecule has 0 amide bonds. The lowest BCUT2D eigenvalue weighted by atomic mass is 9.95. The van der Waals surface area contributed by atoms with Gasteiger partial charge in [0.1, 0.15) is 0 Å². The largest absolute Gasteiger partial charge is 0.0955 e. The smallest absolute Gasteiger partial charge is 0.0109 e. The first-order valence-corrected chi connectivity index (χ1v) is 5.50. The molecule has 0 saturated carbocycles. The maximum atomic E-state index is 4.03. The summed E-state index contributed by atoms with van der Waals surface area (Å²) in [4.78, 5) is 0. The van der Waals surface area contributed by atoms with Gasteiger partial charge in [-0.2, -0.15) is 0 Å². The number of hydrogen-bond donors (Lipinski definition) is 0. The van der Waals surface area contributed by atoms with E-state index in [2.05, 4.69) is 69.0 Å². The minimum Gasteiger partial charge on any atom is -0.0955 e. The first-order valence-electron chi connectivity index (χ1n) is 5.50. The number of hydrogen-bond acceptors (Lipinski definition) is 0. The van der Waals surface area contributed by atoms with Crippen molar-refractivity contribution < 1.29 is 0 Å². The minimum absolute atomic E-state index is 1.11. The molecule has 16 heavy (non-hydrogen) atoms. The van der Waals surface area contributed by atoms with Crippen LogP contribution in [0.1, 0.15) is 18.1 Å². The molecule has 0 aliphatic carbocycles. The van der Waals surface area contributed by atoms with E-state index in [1.54, 1.807) is 0 Å². The Balaban J connectivity index is 2.60. The summed E-state index contributed by atoms with van der Waals surface area (Å²) in [6.45, 7) is 8.20. The second-order valence-corrected chi connectivity index (χ2v) is 4.20. The van der Waals surface area contributed by atoms with Crippen molar-refractivity contribution in [1.82, 2.24) is 0 Å². The zero-order valence-electron chi connectivity index (χ0n) is 9.83. The monoisotopic (exact) mass is 208 g/mol. The Hall–Kier alpha value is -1.82. The highest BCUT2D eigenvalue weighted by Gasteiger charge is 2.04. The molecule has 2 aromatic rings. The molecule has 0 aliphatic heterocycles. The molecule has 0 aliphatic rings. The Morgan fingerprint density at radius 1 is 1.00 bits per heavy atom. The highest BCUT2D eigenvalue weighted by Crippen LogP contribution is 2.28. The van der Waals surface area contributed by atoms with Crippen LogP contribution in [0, 0.1) is 6.92 Å². The molecule has 80 valence electrons. The second-order valence-electron chi connectivity index (χ2n) is 4.20. The van der Waals surface area contributed by atoms with Crippen LogP contribution in [0.5, 0.6) is 0 Å². The Bertz CT molecular complexity index is 521. The van der Waals surface area contributed by atoms with Crippen LogP contribution >= 0.6 is 0 Å². The average Bonchev–Trinajstić information content (AvgIpc) is 2.29. The van der Waals surface area contributed by atoms with Gasteiger partial charge in [-0.25, -0.2) is 0 Å². The summed E-state index contributed by atoms with van der Waals surface area (Å²) in [5, 5.41) is 0. The molecular formula is C16H16. The maximum Gasteiger partial charge on any atom is -0.0109 e. The van der Waals surface area contributed by atoms with Crippen LogP contribution in [0.25, 0.3) is 16.7 Å². The van der Waals surface area contributed by atoms with Crippen molar-refractivity contribution in [1.29, 1.82) is 0 Å². The van der Waals surface area contributed by atoms with Gasteiger partial charge in [-0.15, -0.1) is 0 Å². The number of aryl methyl sites for hydroxylation is 1. The molecule has 0 heterocycles. The van der Waals surface area contributed by atoms with Crippen LogP contribution in [-0.4, -0.2) is 0 Å². The van der Waals surface area contributed by atoms with E-state index in [9.17, 15) is 0 Å². The fraction of sp³-hybridized carbons (Fsp3) is 0.125. The molecule has 0 aromatic heterocycles. The van der Waals surface area contributed by atoms with Gasteiger partial charge in [0.2, 0.25) is 0 Å². The van der Waals surface area contributed by atoms with Crippen LogP contribution in [-0.2, 0) is 0 Å². The van der Waals surface area contributed by atoms with Crippen molar-refractivity contribution in [2.75, 3.05) is 0 Å². The molecule has 2 aromatic carbocycles. The van der Waals surface area contributed by atoms with Crippen molar-refractivity contribution in [3.05, 3.63) is 66.2 Å². The summed E-state index contributed by atoms with van der Waals surface area (Å²) in [5.41, 5.74) is 6.15. The summed E-state index contributed by atoms with van der Waals surface area (Å²) in [7, 11) is 0. The van der Waals surface area contributed by atoms with Crippen molar-refractivity contribution in [3.8, 4) is 11.1 Å². The number of rotatable bonds is 2. The van der Waals surface area contributed by atoms with E-state index in [0.717, 1.165) is 5.57 Å². The fourth-order valence-electron chi connectivity index (χ4n) is 1.92. The van der Waals surface area contributed by atoms with Crippen LogP contribution in [0.15, 0.2) is 55.1 Å². The van der Waals surface area contributed by atoms with E-state index in [0.29, 0.717) is 0 Å².